The highest BCUT2D eigenvalue weighted by molar-refractivity contribution is 6.30. The summed E-state index contributed by atoms with van der Waals surface area (Å²) in [5.41, 5.74) is 2.49. The van der Waals surface area contributed by atoms with Gasteiger partial charge in [-0.25, -0.2) is 0 Å². The number of hydrogen-bond donors (Lipinski definition) is 1. The Bertz CT molecular complexity index is 1610. The lowest BCUT2D eigenvalue weighted by atomic mass is 10.1. The van der Waals surface area contributed by atoms with Crippen LogP contribution in [0, 0.1) is 21.4 Å². The quantitative estimate of drug-likeness (QED) is 0.0895. The summed E-state index contributed by atoms with van der Waals surface area (Å²) in [6.07, 6.45) is 1.44. The number of rotatable bonds is 11. The number of nitro groups is 1. The molecule has 0 fully saturated rings. The Morgan fingerprint density at radius 1 is 0.951 bits per heavy atom. The van der Waals surface area contributed by atoms with Gasteiger partial charge >= 0.3 is 0 Å². The Morgan fingerprint density at radius 2 is 1.68 bits per heavy atom. The molecule has 0 radical (unpaired) electrons. The third-order valence-electron chi connectivity index (χ3n) is 5.81. The molecule has 0 unspecified atom stereocenters. The van der Waals surface area contributed by atoms with Crippen LogP contribution in [0.4, 0.5) is 11.4 Å². The van der Waals surface area contributed by atoms with Crippen molar-refractivity contribution >= 4 is 35.0 Å². The van der Waals surface area contributed by atoms with Gasteiger partial charge in [0.1, 0.15) is 30.6 Å². The number of benzene rings is 4. The van der Waals surface area contributed by atoms with E-state index >= 15 is 0 Å². The zero-order valence-corrected chi connectivity index (χ0v) is 22.6. The number of nitrogens with zero attached hydrogens (tertiary/aromatic N) is 2. The van der Waals surface area contributed by atoms with E-state index in [0.717, 1.165) is 5.56 Å². The molecule has 1 amide bonds. The minimum Gasteiger partial charge on any atom is -0.493 e. The number of halogens is 1. The number of nitriles is 1. The highest BCUT2D eigenvalue weighted by Crippen LogP contribution is 2.30. The van der Waals surface area contributed by atoms with Crippen LogP contribution in [0.3, 0.4) is 0 Å². The van der Waals surface area contributed by atoms with Gasteiger partial charge in [-0.2, -0.15) is 5.26 Å². The lowest BCUT2D eigenvalue weighted by Crippen LogP contribution is -2.13. The second-order valence-corrected chi connectivity index (χ2v) is 9.13. The van der Waals surface area contributed by atoms with Gasteiger partial charge in [-0.1, -0.05) is 41.9 Å². The van der Waals surface area contributed by atoms with Gasteiger partial charge < -0.3 is 19.5 Å². The summed E-state index contributed by atoms with van der Waals surface area (Å²) in [5, 5.41) is 24.0. The summed E-state index contributed by atoms with van der Waals surface area (Å²) in [5.74, 6) is 0.815. The molecule has 0 atom stereocenters. The van der Waals surface area contributed by atoms with Gasteiger partial charge in [-0.3, -0.25) is 14.9 Å². The molecule has 0 saturated heterocycles. The molecular formula is C31H24ClN3O6. The monoisotopic (exact) mass is 569 g/mol. The fourth-order valence-corrected chi connectivity index (χ4v) is 3.84. The Balaban J connectivity index is 1.38. The Morgan fingerprint density at radius 3 is 2.37 bits per heavy atom. The molecular weight excluding hydrogens is 546 g/mol. The maximum Gasteiger partial charge on any atom is 0.269 e. The van der Waals surface area contributed by atoms with Crippen LogP contribution in [-0.2, 0) is 18.0 Å². The van der Waals surface area contributed by atoms with E-state index in [9.17, 15) is 20.2 Å². The van der Waals surface area contributed by atoms with Gasteiger partial charge in [0, 0.05) is 22.8 Å². The minimum atomic E-state index is -0.577. The van der Waals surface area contributed by atoms with Crippen molar-refractivity contribution in [2.24, 2.45) is 0 Å². The van der Waals surface area contributed by atoms with E-state index in [1.165, 1.54) is 25.3 Å². The number of carbonyl (C=O) groups excluding carboxylic acids is 1. The van der Waals surface area contributed by atoms with Crippen LogP contribution < -0.4 is 19.5 Å². The number of hydrogen-bond acceptors (Lipinski definition) is 7. The van der Waals surface area contributed by atoms with Crippen molar-refractivity contribution in [1.29, 1.82) is 5.26 Å². The molecule has 206 valence electrons. The van der Waals surface area contributed by atoms with Crippen molar-refractivity contribution < 1.29 is 23.9 Å². The number of methoxy groups -OCH3 is 1. The van der Waals surface area contributed by atoms with Crippen molar-refractivity contribution in [3.63, 3.8) is 0 Å². The van der Waals surface area contributed by atoms with Crippen molar-refractivity contribution in [3.8, 4) is 23.3 Å². The first-order valence-electron chi connectivity index (χ1n) is 12.3. The molecule has 1 N–H and O–H groups in total. The molecule has 0 bridgehead atoms. The smallest absolute Gasteiger partial charge is 0.269 e. The van der Waals surface area contributed by atoms with E-state index < -0.39 is 10.8 Å². The number of amides is 1. The number of nitro benzene ring substituents is 1. The summed E-state index contributed by atoms with van der Waals surface area (Å²) in [6.45, 7) is 0.455. The molecule has 0 heterocycles. The van der Waals surface area contributed by atoms with Crippen molar-refractivity contribution in [2.45, 2.75) is 13.2 Å². The largest absolute Gasteiger partial charge is 0.493 e. The van der Waals surface area contributed by atoms with Crippen LogP contribution in [0.25, 0.3) is 6.08 Å². The maximum atomic E-state index is 12.8. The number of nitrogens with one attached hydrogen (secondary N) is 1. The third kappa shape index (κ3) is 8.08. The van der Waals surface area contributed by atoms with Gasteiger partial charge in [-0.05, 0) is 71.3 Å². The molecule has 4 rings (SSSR count). The van der Waals surface area contributed by atoms with Crippen LogP contribution in [0.15, 0.2) is 96.6 Å². The summed E-state index contributed by atoms with van der Waals surface area (Å²) in [6, 6.07) is 27.1. The Kier molecular flexibility index (Phi) is 9.54. The maximum absolute atomic E-state index is 12.8. The van der Waals surface area contributed by atoms with Crippen LogP contribution >= 0.6 is 11.6 Å². The van der Waals surface area contributed by atoms with Gasteiger partial charge in [0.05, 0.1) is 12.0 Å². The molecule has 4 aromatic rings. The zero-order chi connectivity index (χ0) is 29.2. The topological polar surface area (TPSA) is 124 Å². The number of ether oxygens (including phenoxy) is 3. The van der Waals surface area contributed by atoms with Crippen molar-refractivity contribution in [3.05, 3.63) is 128 Å². The van der Waals surface area contributed by atoms with Crippen LogP contribution in [0.5, 0.6) is 17.2 Å². The van der Waals surface area contributed by atoms with E-state index in [4.69, 9.17) is 25.8 Å². The van der Waals surface area contributed by atoms with Gasteiger partial charge in [0.25, 0.3) is 11.6 Å². The molecule has 9 nitrogen and oxygen atoms in total. The second-order valence-electron chi connectivity index (χ2n) is 8.69. The average molecular weight is 570 g/mol. The van der Waals surface area contributed by atoms with Crippen molar-refractivity contribution in [1.82, 2.24) is 0 Å². The number of non-ortho nitro benzene ring substituents is 1. The van der Waals surface area contributed by atoms with Gasteiger partial charge in [0.2, 0.25) is 0 Å². The second kappa shape index (κ2) is 13.6. The van der Waals surface area contributed by atoms with Crippen LogP contribution in [0.2, 0.25) is 5.02 Å². The standard InChI is InChI=1S/C31H24ClN3O6/c1-39-30-17-22(7-14-29(30)41-20-23-3-2-4-27(16-23)35(37)38)15-24(18-33)31(36)34-26-10-12-28(13-11-26)40-19-21-5-8-25(32)9-6-21/h2-17H,19-20H2,1H3,(H,34,36)/b24-15+. The molecule has 41 heavy (non-hydrogen) atoms. The van der Waals surface area contributed by atoms with Crippen molar-refractivity contribution in [2.75, 3.05) is 12.4 Å². The third-order valence-corrected chi connectivity index (χ3v) is 6.06. The van der Waals surface area contributed by atoms with E-state index in [0.29, 0.717) is 45.7 Å². The fraction of sp³-hybridized carbons (Fsp3) is 0.0968. The summed E-state index contributed by atoms with van der Waals surface area (Å²) >= 11 is 5.90. The predicted octanol–water partition coefficient (Wildman–Crippen LogP) is 6.96. The van der Waals surface area contributed by atoms with Crippen LogP contribution in [0.1, 0.15) is 16.7 Å². The molecule has 0 aliphatic carbocycles. The normalized spacial score (nSPS) is 10.8. The highest BCUT2D eigenvalue weighted by atomic mass is 35.5. The first-order chi connectivity index (χ1) is 19.8. The molecule has 0 aromatic heterocycles. The molecule has 0 saturated carbocycles. The van der Waals surface area contributed by atoms with E-state index in [2.05, 4.69) is 5.32 Å². The Hall–Kier alpha value is -5.33. The average Bonchev–Trinajstić information content (AvgIpc) is 2.99. The number of anilines is 1. The van der Waals surface area contributed by atoms with Crippen LogP contribution in [-0.4, -0.2) is 17.9 Å². The SMILES string of the molecule is COc1cc(/C=C(\C#N)C(=O)Nc2ccc(OCc3ccc(Cl)cc3)cc2)ccc1OCc1cccc([N+](=O)[O-])c1. The van der Waals surface area contributed by atoms with E-state index in [-0.39, 0.29) is 17.9 Å². The number of carbonyl (C=O) groups is 1. The van der Waals surface area contributed by atoms with Gasteiger partial charge in [-0.15, -0.1) is 0 Å². The summed E-state index contributed by atoms with van der Waals surface area (Å²) in [4.78, 5) is 23.3. The lowest BCUT2D eigenvalue weighted by molar-refractivity contribution is -0.384. The fourth-order valence-electron chi connectivity index (χ4n) is 3.71. The zero-order valence-electron chi connectivity index (χ0n) is 21.9. The van der Waals surface area contributed by atoms with E-state index in [1.54, 1.807) is 66.7 Å². The highest BCUT2D eigenvalue weighted by Gasteiger charge is 2.12. The molecule has 10 heteroatoms. The first-order valence-corrected chi connectivity index (χ1v) is 12.7. The molecule has 0 aliphatic heterocycles. The molecule has 0 spiro atoms. The molecule has 4 aromatic carbocycles. The van der Waals surface area contributed by atoms with E-state index in [1.807, 2.05) is 18.2 Å². The summed E-state index contributed by atoms with van der Waals surface area (Å²) in [7, 11) is 1.46. The minimum absolute atomic E-state index is 0.0284. The lowest BCUT2D eigenvalue weighted by Gasteiger charge is -2.12. The summed E-state index contributed by atoms with van der Waals surface area (Å²) < 4.78 is 17.0. The Labute approximate surface area is 241 Å². The molecule has 0 aliphatic rings. The first kappa shape index (κ1) is 28.7. The predicted molar refractivity (Wildman–Crippen MR) is 155 cm³/mol. The van der Waals surface area contributed by atoms with Gasteiger partial charge in [0.15, 0.2) is 11.5 Å².